The summed E-state index contributed by atoms with van der Waals surface area (Å²) in [5.41, 5.74) is -0.0488. The molecular weight excluding hydrogens is 254 g/mol. The average molecular weight is 267 g/mol. The Labute approximate surface area is 108 Å². The highest BCUT2D eigenvalue weighted by molar-refractivity contribution is 5.91. The van der Waals surface area contributed by atoms with Gasteiger partial charge in [-0.1, -0.05) is 0 Å². The Hall–Kier alpha value is -2.28. The van der Waals surface area contributed by atoms with Crippen molar-refractivity contribution in [3.05, 3.63) is 23.3 Å². The topological polar surface area (TPSA) is 127 Å². The minimum atomic E-state index is -1.31. The first-order valence-electron chi connectivity index (χ1n) is 5.65. The summed E-state index contributed by atoms with van der Waals surface area (Å²) < 4.78 is 0. The molecule has 2 rings (SSSR count). The molecule has 0 saturated carbocycles. The summed E-state index contributed by atoms with van der Waals surface area (Å²) in [6.07, 6.45) is 0.257. The number of nitrogens with one attached hydrogen (secondary N) is 1. The van der Waals surface area contributed by atoms with Gasteiger partial charge in [0.2, 0.25) is 0 Å². The van der Waals surface area contributed by atoms with Crippen molar-refractivity contribution in [2.75, 3.05) is 6.54 Å². The van der Waals surface area contributed by atoms with Gasteiger partial charge in [0.25, 0.3) is 0 Å². The van der Waals surface area contributed by atoms with Crippen LogP contribution in [0, 0.1) is 5.92 Å². The maximum absolute atomic E-state index is 10.9. The first-order valence-corrected chi connectivity index (χ1v) is 5.65. The molecule has 1 aromatic rings. The lowest BCUT2D eigenvalue weighted by Gasteiger charge is -2.14. The maximum Gasteiger partial charge on any atom is 0.339 e. The molecule has 0 aliphatic carbocycles. The van der Waals surface area contributed by atoms with Crippen LogP contribution < -0.4 is 5.32 Å². The van der Waals surface area contributed by atoms with Gasteiger partial charge in [-0.25, -0.2) is 4.79 Å². The second-order valence-corrected chi connectivity index (χ2v) is 4.47. The Morgan fingerprint density at radius 3 is 2.37 bits per heavy atom. The number of carbonyl (C=O) groups is 2. The van der Waals surface area contributed by atoms with Crippen molar-refractivity contribution < 1.29 is 30.0 Å². The Kier molecular flexibility index (Phi) is 3.30. The van der Waals surface area contributed by atoms with E-state index < -0.39 is 29.6 Å². The van der Waals surface area contributed by atoms with Gasteiger partial charge in [-0.2, -0.15) is 0 Å². The average Bonchev–Trinajstić information content (AvgIpc) is 2.77. The SMILES string of the molecule is O=C(O)c1cc(C2CC(C(=O)O)CN2)c(O)cc1O. The van der Waals surface area contributed by atoms with E-state index >= 15 is 0 Å². The van der Waals surface area contributed by atoms with Gasteiger partial charge in [0, 0.05) is 24.2 Å². The third-order valence-corrected chi connectivity index (χ3v) is 3.23. The number of hydrogen-bond acceptors (Lipinski definition) is 5. The van der Waals surface area contributed by atoms with E-state index in [9.17, 15) is 19.8 Å². The first-order chi connectivity index (χ1) is 8.90. The number of aromatic carboxylic acids is 1. The van der Waals surface area contributed by atoms with E-state index in [0.29, 0.717) is 0 Å². The minimum absolute atomic E-state index is 0.253. The summed E-state index contributed by atoms with van der Waals surface area (Å²) in [4.78, 5) is 21.8. The monoisotopic (exact) mass is 267 g/mol. The number of carboxylic acid groups (broad SMARTS) is 2. The van der Waals surface area contributed by atoms with E-state index in [1.165, 1.54) is 0 Å². The van der Waals surface area contributed by atoms with Crippen molar-refractivity contribution in [3.8, 4) is 11.5 Å². The van der Waals surface area contributed by atoms with Crippen molar-refractivity contribution in [2.45, 2.75) is 12.5 Å². The van der Waals surface area contributed by atoms with Crippen molar-refractivity contribution in [2.24, 2.45) is 5.92 Å². The molecule has 0 bridgehead atoms. The highest BCUT2D eigenvalue weighted by atomic mass is 16.4. The summed E-state index contributed by atoms with van der Waals surface area (Å²) >= 11 is 0. The van der Waals surface area contributed by atoms with Crippen LogP contribution in [0.1, 0.15) is 28.4 Å². The molecule has 5 N–H and O–H groups in total. The van der Waals surface area contributed by atoms with E-state index in [-0.39, 0.29) is 29.8 Å². The van der Waals surface area contributed by atoms with Crippen LogP contribution >= 0.6 is 0 Å². The minimum Gasteiger partial charge on any atom is -0.507 e. The van der Waals surface area contributed by atoms with E-state index in [1.54, 1.807) is 0 Å². The molecule has 1 saturated heterocycles. The molecule has 0 aromatic heterocycles. The predicted octanol–water partition coefficient (Wildman–Crippen LogP) is 0.531. The number of rotatable bonds is 3. The summed E-state index contributed by atoms with van der Waals surface area (Å²) in [6.45, 7) is 0.253. The predicted molar refractivity (Wildman–Crippen MR) is 63.2 cm³/mol. The Morgan fingerprint density at radius 2 is 1.84 bits per heavy atom. The maximum atomic E-state index is 10.9. The molecule has 0 spiro atoms. The quantitative estimate of drug-likeness (QED) is 0.540. The zero-order valence-corrected chi connectivity index (χ0v) is 9.83. The second kappa shape index (κ2) is 4.77. The van der Waals surface area contributed by atoms with Crippen LogP contribution in [0.25, 0.3) is 0 Å². The van der Waals surface area contributed by atoms with Crippen LogP contribution in [0.4, 0.5) is 0 Å². The smallest absolute Gasteiger partial charge is 0.339 e. The fraction of sp³-hybridized carbons (Fsp3) is 0.333. The molecule has 1 aliphatic rings. The van der Waals surface area contributed by atoms with Crippen molar-refractivity contribution in [3.63, 3.8) is 0 Å². The summed E-state index contributed by atoms with van der Waals surface area (Å²) in [5.74, 6) is -3.61. The molecule has 2 unspecified atom stereocenters. The number of carboxylic acids is 2. The fourth-order valence-corrected chi connectivity index (χ4v) is 2.21. The lowest BCUT2D eigenvalue weighted by molar-refractivity contribution is -0.141. The molecule has 1 aliphatic heterocycles. The van der Waals surface area contributed by atoms with Gasteiger partial charge in [-0.05, 0) is 12.5 Å². The summed E-state index contributed by atoms with van der Waals surface area (Å²) in [5, 5.41) is 39.9. The van der Waals surface area contributed by atoms with Gasteiger partial charge in [0.1, 0.15) is 17.1 Å². The van der Waals surface area contributed by atoms with Crippen LogP contribution in [0.5, 0.6) is 11.5 Å². The molecule has 1 aromatic carbocycles. The fourth-order valence-electron chi connectivity index (χ4n) is 2.21. The molecule has 1 fully saturated rings. The van der Waals surface area contributed by atoms with Crippen LogP contribution in [0.15, 0.2) is 12.1 Å². The molecule has 2 atom stereocenters. The number of aliphatic carboxylic acids is 1. The molecule has 7 heteroatoms. The van der Waals surface area contributed by atoms with Gasteiger partial charge in [-0.3, -0.25) is 4.79 Å². The molecule has 0 radical (unpaired) electrons. The third-order valence-electron chi connectivity index (χ3n) is 3.23. The Morgan fingerprint density at radius 1 is 1.16 bits per heavy atom. The lowest BCUT2D eigenvalue weighted by Crippen LogP contribution is -2.17. The van der Waals surface area contributed by atoms with Gasteiger partial charge in [-0.15, -0.1) is 0 Å². The summed E-state index contributed by atoms with van der Waals surface area (Å²) in [6, 6.07) is 1.67. The normalized spacial score (nSPS) is 22.3. The van der Waals surface area contributed by atoms with E-state index in [2.05, 4.69) is 5.32 Å². The largest absolute Gasteiger partial charge is 0.507 e. The zero-order valence-electron chi connectivity index (χ0n) is 9.83. The zero-order chi connectivity index (χ0) is 14.2. The highest BCUT2D eigenvalue weighted by Crippen LogP contribution is 2.36. The lowest BCUT2D eigenvalue weighted by atomic mass is 9.97. The summed E-state index contributed by atoms with van der Waals surface area (Å²) in [7, 11) is 0. The molecular formula is C12H13NO6. The Balaban J connectivity index is 2.33. The number of hydrogen-bond donors (Lipinski definition) is 5. The molecule has 102 valence electrons. The molecule has 1 heterocycles. The van der Waals surface area contributed by atoms with Crippen molar-refractivity contribution >= 4 is 11.9 Å². The van der Waals surface area contributed by atoms with Crippen LogP contribution in [0.3, 0.4) is 0 Å². The number of phenols is 2. The van der Waals surface area contributed by atoms with Crippen LogP contribution in [0.2, 0.25) is 0 Å². The van der Waals surface area contributed by atoms with Gasteiger partial charge in [0.05, 0.1) is 5.92 Å². The van der Waals surface area contributed by atoms with Gasteiger partial charge in [0.15, 0.2) is 0 Å². The molecule has 19 heavy (non-hydrogen) atoms. The van der Waals surface area contributed by atoms with Crippen LogP contribution in [-0.4, -0.2) is 38.9 Å². The van der Waals surface area contributed by atoms with Crippen LogP contribution in [-0.2, 0) is 4.79 Å². The van der Waals surface area contributed by atoms with E-state index in [0.717, 1.165) is 12.1 Å². The van der Waals surface area contributed by atoms with E-state index in [1.807, 2.05) is 0 Å². The first kappa shape index (κ1) is 13.2. The molecule has 0 amide bonds. The van der Waals surface area contributed by atoms with E-state index in [4.69, 9.17) is 10.2 Å². The number of phenolic OH excluding ortho intramolecular Hbond substituents is 1. The Bertz CT molecular complexity index is 541. The highest BCUT2D eigenvalue weighted by Gasteiger charge is 2.32. The standard InChI is InChI=1S/C12H13NO6/c14-9-3-10(15)7(12(18)19)2-6(9)8-1-5(4-13-8)11(16)17/h2-3,5,8,13-15H,1,4H2,(H,16,17)(H,18,19). The second-order valence-electron chi connectivity index (χ2n) is 4.47. The third kappa shape index (κ3) is 2.45. The number of benzene rings is 1. The van der Waals surface area contributed by atoms with Gasteiger partial charge < -0.3 is 25.7 Å². The number of aromatic hydroxyl groups is 2. The van der Waals surface area contributed by atoms with Crippen molar-refractivity contribution in [1.82, 2.24) is 5.32 Å². The molecule has 7 nitrogen and oxygen atoms in total. The van der Waals surface area contributed by atoms with Crippen molar-refractivity contribution in [1.29, 1.82) is 0 Å². The van der Waals surface area contributed by atoms with Gasteiger partial charge >= 0.3 is 11.9 Å².